The van der Waals surface area contributed by atoms with E-state index in [1.54, 1.807) is 17.9 Å². The number of amides is 4. The highest BCUT2D eigenvalue weighted by atomic mass is 19.1. The number of nitrogens with one attached hydrogen (secondary N) is 2. The van der Waals surface area contributed by atoms with Crippen LogP contribution in [-0.4, -0.2) is 60.9 Å². The zero-order chi connectivity index (χ0) is 23.7. The van der Waals surface area contributed by atoms with Crippen LogP contribution in [0.25, 0.3) is 11.0 Å². The molecule has 1 aromatic heterocycles. The standard InChI is InChI=1S/C22H26FN5O5/c1-5-27(6-2)18-13-7-12-8-22(19(29)24-21(31)25-20(22)30)17-11(4)32-10(3)9-28(17)15(12)14(23)16(13)33-26-18/h7,10-11,17H,5-6,8-9H2,1-4H3,(H2,24,25,29,30,31)/t10-,11+,17-/m0/s1. The monoisotopic (exact) mass is 459 g/mol. The van der Waals surface area contributed by atoms with Crippen molar-refractivity contribution < 1.29 is 28.0 Å². The molecule has 0 unspecified atom stereocenters. The van der Waals surface area contributed by atoms with Crippen molar-refractivity contribution in [3.63, 3.8) is 0 Å². The maximum absolute atomic E-state index is 16.0. The van der Waals surface area contributed by atoms with Gasteiger partial charge in [-0.2, -0.15) is 0 Å². The maximum Gasteiger partial charge on any atom is 0.328 e. The minimum Gasteiger partial charge on any atom is -0.372 e. The second-order valence-electron chi connectivity index (χ2n) is 8.89. The highest BCUT2D eigenvalue weighted by Crippen LogP contribution is 2.49. The summed E-state index contributed by atoms with van der Waals surface area (Å²) in [6.45, 7) is 9.08. The Morgan fingerprint density at radius 2 is 1.88 bits per heavy atom. The summed E-state index contributed by atoms with van der Waals surface area (Å²) in [6.07, 6.45) is -0.944. The summed E-state index contributed by atoms with van der Waals surface area (Å²) in [5, 5.41) is 9.06. The van der Waals surface area contributed by atoms with Crippen molar-refractivity contribution >= 4 is 40.3 Å². The van der Waals surface area contributed by atoms with Gasteiger partial charge in [-0.25, -0.2) is 9.18 Å². The van der Waals surface area contributed by atoms with Crippen molar-refractivity contribution in [1.29, 1.82) is 0 Å². The predicted octanol–water partition coefficient (Wildman–Crippen LogP) is 1.70. The lowest BCUT2D eigenvalue weighted by molar-refractivity contribution is -0.153. The average molecular weight is 459 g/mol. The zero-order valence-corrected chi connectivity index (χ0v) is 18.9. The molecule has 3 atom stereocenters. The first-order valence-electron chi connectivity index (χ1n) is 11.2. The van der Waals surface area contributed by atoms with Gasteiger partial charge in [-0.05, 0) is 39.3 Å². The summed E-state index contributed by atoms with van der Waals surface area (Å²) in [7, 11) is 0. The van der Waals surface area contributed by atoms with E-state index >= 15 is 4.39 Å². The fraction of sp³-hybridized carbons (Fsp3) is 0.545. The summed E-state index contributed by atoms with van der Waals surface area (Å²) < 4.78 is 27.4. The van der Waals surface area contributed by atoms with Crippen LogP contribution in [0.15, 0.2) is 10.6 Å². The summed E-state index contributed by atoms with van der Waals surface area (Å²) in [6, 6.07) is 0.0686. The maximum atomic E-state index is 16.0. The van der Waals surface area contributed by atoms with Gasteiger partial charge in [0.1, 0.15) is 0 Å². The normalized spacial score (nSPS) is 26.2. The Balaban J connectivity index is 1.76. The molecule has 1 aromatic carbocycles. The molecule has 176 valence electrons. The Morgan fingerprint density at radius 1 is 1.21 bits per heavy atom. The molecule has 0 radical (unpaired) electrons. The molecule has 0 bridgehead atoms. The number of imide groups is 2. The number of nitrogens with zero attached hydrogens (tertiary/aromatic N) is 3. The fourth-order valence-corrected chi connectivity index (χ4v) is 5.69. The van der Waals surface area contributed by atoms with Gasteiger partial charge in [0.2, 0.25) is 17.4 Å². The van der Waals surface area contributed by atoms with E-state index in [2.05, 4.69) is 15.8 Å². The third-order valence-corrected chi connectivity index (χ3v) is 7.01. The largest absolute Gasteiger partial charge is 0.372 e. The quantitative estimate of drug-likeness (QED) is 0.667. The molecule has 5 rings (SSSR count). The zero-order valence-electron chi connectivity index (χ0n) is 18.9. The Labute approximate surface area is 189 Å². The van der Waals surface area contributed by atoms with Gasteiger partial charge in [0.05, 0.1) is 29.3 Å². The summed E-state index contributed by atoms with van der Waals surface area (Å²) >= 11 is 0. The van der Waals surface area contributed by atoms with Crippen LogP contribution >= 0.6 is 0 Å². The third-order valence-electron chi connectivity index (χ3n) is 7.01. The van der Waals surface area contributed by atoms with Gasteiger partial charge >= 0.3 is 6.03 Å². The molecule has 11 heteroatoms. The van der Waals surface area contributed by atoms with Gasteiger partial charge in [0.25, 0.3) is 0 Å². The van der Waals surface area contributed by atoms with Crippen molar-refractivity contribution in [2.45, 2.75) is 52.4 Å². The first-order valence-corrected chi connectivity index (χ1v) is 11.2. The predicted molar refractivity (Wildman–Crippen MR) is 116 cm³/mol. The Kier molecular flexibility index (Phi) is 4.85. The number of ether oxygens (including phenoxy) is 1. The van der Waals surface area contributed by atoms with Crippen LogP contribution in [0.3, 0.4) is 0 Å². The number of barbiturate groups is 1. The highest BCUT2D eigenvalue weighted by molar-refractivity contribution is 6.20. The number of rotatable bonds is 3. The van der Waals surface area contributed by atoms with Crippen LogP contribution in [0.2, 0.25) is 0 Å². The number of aromatic nitrogens is 1. The van der Waals surface area contributed by atoms with Crippen LogP contribution in [0.1, 0.15) is 33.3 Å². The van der Waals surface area contributed by atoms with Gasteiger partial charge in [0, 0.05) is 26.1 Å². The Hall–Kier alpha value is -3.21. The van der Waals surface area contributed by atoms with E-state index in [0.717, 1.165) is 0 Å². The van der Waals surface area contributed by atoms with Crippen molar-refractivity contribution in [1.82, 2.24) is 15.8 Å². The number of halogens is 1. The number of carbonyl (C=O) groups excluding carboxylic acids is 3. The molecule has 2 aromatic rings. The smallest absolute Gasteiger partial charge is 0.328 e. The number of carbonyl (C=O) groups is 3. The second-order valence-corrected chi connectivity index (χ2v) is 8.89. The first kappa shape index (κ1) is 21.6. The number of benzene rings is 1. The number of morpholine rings is 1. The summed E-state index contributed by atoms with van der Waals surface area (Å²) in [5.74, 6) is -1.50. The van der Waals surface area contributed by atoms with E-state index in [1.165, 1.54) is 0 Å². The van der Waals surface area contributed by atoms with Crippen molar-refractivity contribution in [2.75, 3.05) is 29.4 Å². The van der Waals surface area contributed by atoms with E-state index in [0.29, 0.717) is 29.9 Å². The van der Waals surface area contributed by atoms with Gasteiger partial charge in [-0.15, -0.1) is 0 Å². The molecular weight excluding hydrogens is 433 g/mol. The number of anilines is 2. The average Bonchev–Trinajstić information content (AvgIpc) is 3.16. The van der Waals surface area contributed by atoms with Crippen LogP contribution in [0.5, 0.6) is 0 Å². The van der Waals surface area contributed by atoms with E-state index in [4.69, 9.17) is 9.26 Å². The fourth-order valence-electron chi connectivity index (χ4n) is 5.69. The Morgan fingerprint density at radius 3 is 2.52 bits per heavy atom. The number of hydrogen-bond acceptors (Lipinski definition) is 8. The van der Waals surface area contributed by atoms with Crippen LogP contribution < -0.4 is 20.4 Å². The number of hydrogen-bond donors (Lipinski definition) is 2. The third kappa shape index (κ3) is 2.87. The molecule has 33 heavy (non-hydrogen) atoms. The van der Waals surface area contributed by atoms with E-state index in [9.17, 15) is 14.4 Å². The van der Waals surface area contributed by atoms with E-state index in [1.807, 2.05) is 25.7 Å². The molecular formula is C22H26FN5O5. The molecule has 3 aliphatic heterocycles. The van der Waals surface area contributed by atoms with Crippen LogP contribution in [0.4, 0.5) is 20.7 Å². The van der Waals surface area contributed by atoms with Crippen molar-refractivity contribution in [2.24, 2.45) is 5.41 Å². The molecule has 4 heterocycles. The molecule has 10 nitrogen and oxygen atoms in total. The molecule has 1 spiro atoms. The molecule has 4 amide bonds. The number of urea groups is 1. The van der Waals surface area contributed by atoms with Gasteiger partial charge < -0.3 is 19.1 Å². The van der Waals surface area contributed by atoms with E-state index < -0.39 is 41.2 Å². The van der Waals surface area contributed by atoms with Crippen molar-refractivity contribution in [3.8, 4) is 0 Å². The van der Waals surface area contributed by atoms with Crippen LogP contribution in [0, 0.1) is 11.2 Å². The first-order chi connectivity index (χ1) is 15.7. The lowest BCUT2D eigenvalue weighted by atomic mass is 9.66. The van der Waals surface area contributed by atoms with E-state index in [-0.39, 0.29) is 30.3 Å². The van der Waals surface area contributed by atoms with Gasteiger partial charge in [0.15, 0.2) is 17.1 Å². The molecule has 0 saturated carbocycles. The molecule has 0 aliphatic carbocycles. The van der Waals surface area contributed by atoms with Gasteiger partial charge in [-0.3, -0.25) is 20.2 Å². The molecule has 2 saturated heterocycles. The summed E-state index contributed by atoms with van der Waals surface area (Å²) in [4.78, 5) is 42.0. The lowest BCUT2D eigenvalue weighted by Gasteiger charge is -2.55. The van der Waals surface area contributed by atoms with Gasteiger partial charge in [-0.1, -0.05) is 5.16 Å². The second kappa shape index (κ2) is 7.41. The van der Waals surface area contributed by atoms with Crippen molar-refractivity contribution in [3.05, 3.63) is 17.4 Å². The summed E-state index contributed by atoms with van der Waals surface area (Å²) in [5.41, 5.74) is -0.869. The number of fused-ring (bicyclic) bond motifs is 5. The SMILES string of the molecule is CCN(CC)c1noc2c(F)c3c(cc12)CC1(C(=O)NC(=O)NC1=O)[C@@H]1[C@@H](C)O[C@@H](C)CN31. The Bertz CT molecular complexity index is 1160. The molecule has 2 N–H and O–H groups in total. The highest BCUT2D eigenvalue weighted by Gasteiger charge is 2.63. The minimum absolute atomic E-state index is 0.0323. The van der Waals surface area contributed by atoms with Crippen LogP contribution in [-0.2, 0) is 20.7 Å². The molecule has 3 aliphatic rings. The molecule has 2 fully saturated rings. The topological polar surface area (TPSA) is 117 Å². The minimum atomic E-state index is -1.66. The lowest BCUT2D eigenvalue weighted by Crippen LogP contribution is -2.75.